The van der Waals surface area contributed by atoms with Gasteiger partial charge in [0.15, 0.2) is 5.82 Å². The van der Waals surface area contributed by atoms with Gasteiger partial charge in [-0.05, 0) is 81.9 Å². The van der Waals surface area contributed by atoms with Crippen LogP contribution in [0, 0.1) is 6.92 Å². The maximum atomic E-state index is 12.9. The predicted molar refractivity (Wildman–Crippen MR) is 156 cm³/mol. The lowest BCUT2D eigenvalue weighted by Crippen LogP contribution is -2.36. The molecule has 3 N–H and O–H groups in total. The molecule has 8 heteroatoms. The molecule has 1 saturated heterocycles. The highest BCUT2D eigenvalue weighted by Crippen LogP contribution is 2.25. The summed E-state index contributed by atoms with van der Waals surface area (Å²) in [5.41, 5.74) is 7.89. The molecule has 0 aliphatic carbocycles. The summed E-state index contributed by atoms with van der Waals surface area (Å²) in [5, 5.41) is 13.9. The number of aromatic amines is 1. The van der Waals surface area contributed by atoms with Gasteiger partial charge in [-0.2, -0.15) is 5.10 Å². The third-order valence-corrected chi connectivity index (χ3v) is 7.46. The van der Waals surface area contributed by atoms with Crippen molar-refractivity contribution in [3.8, 4) is 11.3 Å². The van der Waals surface area contributed by atoms with Crippen molar-refractivity contribution in [1.29, 1.82) is 0 Å². The molecule has 0 spiro atoms. The molecular weight excluding hydrogens is 486 g/mol. The first kappa shape index (κ1) is 24.9. The number of piperidine rings is 1. The third kappa shape index (κ3) is 5.71. The van der Waals surface area contributed by atoms with Gasteiger partial charge in [-0.1, -0.05) is 35.9 Å². The van der Waals surface area contributed by atoms with Crippen molar-refractivity contribution in [3.63, 3.8) is 0 Å². The second-order valence-corrected chi connectivity index (χ2v) is 10.5. The molecule has 1 aliphatic rings. The number of hydrogen-bond acceptors (Lipinski definition) is 5. The lowest BCUT2D eigenvalue weighted by molar-refractivity contribution is 0.102. The van der Waals surface area contributed by atoms with Gasteiger partial charge in [-0.15, -0.1) is 0 Å². The Morgan fingerprint density at radius 1 is 1.00 bits per heavy atom. The molecule has 0 saturated carbocycles. The van der Waals surface area contributed by atoms with E-state index in [0.29, 0.717) is 17.4 Å². The summed E-state index contributed by atoms with van der Waals surface area (Å²) in [6.07, 6.45) is 4.13. The highest BCUT2D eigenvalue weighted by molar-refractivity contribution is 6.04. The Balaban J connectivity index is 1.12. The summed E-state index contributed by atoms with van der Waals surface area (Å²) in [7, 11) is 2.16. The van der Waals surface area contributed by atoms with Crippen molar-refractivity contribution in [2.24, 2.45) is 0 Å². The monoisotopic (exact) mass is 519 g/mol. The fourth-order valence-electron chi connectivity index (χ4n) is 5.07. The van der Waals surface area contributed by atoms with Crippen LogP contribution in [0.4, 0.5) is 11.5 Å². The quantitative estimate of drug-likeness (QED) is 0.263. The SMILES string of the molecule is Cc1ccc(Cn2cnc3ccc(-c4cc(NC(=O)c5ccc(NC6CCN(C)CC6)cc5)n[nH]4)cc32)cc1. The second-order valence-electron chi connectivity index (χ2n) is 10.5. The molecule has 39 heavy (non-hydrogen) atoms. The molecular formula is C31H33N7O. The molecule has 6 rings (SSSR count). The van der Waals surface area contributed by atoms with Gasteiger partial charge in [0.05, 0.1) is 23.1 Å². The van der Waals surface area contributed by atoms with E-state index in [4.69, 9.17) is 0 Å². The van der Waals surface area contributed by atoms with Crippen LogP contribution in [-0.4, -0.2) is 56.7 Å². The predicted octanol–water partition coefficient (Wildman–Crippen LogP) is 5.54. The molecule has 0 radical (unpaired) electrons. The van der Waals surface area contributed by atoms with Crippen molar-refractivity contribution in [2.45, 2.75) is 32.4 Å². The number of nitrogens with zero attached hydrogens (tertiary/aromatic N) is 4. The first-order valence-corrected chi connectivity index (χ1v) is 13.4. The number of imidazole rings is 1. The summed E-state index contributed by atoms with van der Waals surface area (Å²) >= 11 is 0. The first-order valence-electron chi connectivity index (χ1n) is 13.4. The number of rotatable bonds is 7. The molecule has 1 fully saturated rings. The van der Waals surface area contributed by atoms with Crippen LogP contribution in [-0.2, 0) is 6.54 Å². The molecule has 1 aliphatic heterocycles. The van der Waals surface area contributed by atoms with Crippen LogP contribution in [0.2, 0.25) is 0 Å². The van der Waals surface area contributed by atoms with Crippen molar-refractivity contribution in [1.82, 2.24) is 24.6 Å². The number of benzene rings is 3. The van der Waals surface area contributed by atoms with Gasteiger partial charge in [0, 0.05) is 35.5 Å². The van der Waals surface area contributed by atoms with E-state index in [9.17, 15) is 4.79 Å². The van der Waals surface area contributed by atoms with E-state index >= 15 is 0 Å². The maximum Gasteiger partial charge on any atom is 0.256 e. The van der Waals surface area contributed by atoms with E-state index in [0.717, 1.165) is 60.5 Å². The smallest absolute Gasteiger partial charge is 0.256 e. The zero-order valence-corrected chi connectivity index (χ0v) is 22.3. The summed E-state index contributed by atoms with van der Waals surface area (Å²) in [6.45, 7) is 5.05. The minimum Gasteiger partial charge on any atom is -0.382 e. The van der Waals surface area contributed by atoms with Gasteiger partial charge < -0.3 is 20.1 Å². The number of carbonyl (C=O) groups excluding carboxylic acids is 1. The highest BCUT2D eigenvalue weighted by atomic mass is 16.1. The van der Waals surface area contributed by atoms with Crippen molar-refractivity contribution in [2.75, 3.05) is 30.8 Å². The maximum absolute atomic E-state index is 12.9. The van der Waals surface area contributed by atoms with Gasteiger partial charge in [-0.3, -0.25) is 9.89 Å². The van der Waals surface area contributed by atoms with Gasteiger partial charge in [0.25, 0.3) is 5.91 Å². The topological polar surface area (TPSA) is 90.9 Å². The van der Waals surface area contributed by atoms with Crippen LogP contribution in [0.3, 0.4) is 0 Å². The molecule has 3 heterocycles. The molecule has 2 aromatic heterocycles. The van der Waals surface area contributed by atoms with E-state index in [-0.39, 0.29) is 5.91 Å². The Kier molecular flexibility index (Phi) is 6.85. The Morgan fingerprint density at radius 3 is 2.54 bits per heavy atom. The number of nitrogens with one attached hydrogen (secondary N) is 3. The van der Waals surface area contributed by atoms with Gasteiger partial charge >= 0.3 is 0 Å². The largest absolute Gasteiger partial charge is 0.382 e. The van der Waals surface area contributed by atoms with Crippen LogP contribution < -0.4 is 10.6 Å². The number of H-pyrrole nitrogens is 1. The normalized spacial score (nSPS) is 14.5. The van der Waals surface area contributed by atoms with E-state index in [1.54, 1.807) is 0 Å². The summed E-state index contributed by atoms with van der Waals surface area (Å²) in [6, 6.07) is 24.7. The number of amides is 1. The molecule has 0 atom stereocenters. The number of likely N-dealkylation sites (tertiary alicyclic amines) is 1. The average Bonchev–Trinajstić information content (AvgIpc) is 3.58. The third-order valence-electron chi connectivity index (χ3n) is 7.46. The van der Waals surface area contributed by atoms with Gasteiger partial charge in [-0.25, -0.2) is 4.98 Å². The second kappa shape index (κ2) is 10.7. The Hall–Kier alpha value is -4.43. The van der Waals surface area contributed by atoms with Crippen LogP contribution in [0.1, 0.15) is 34.3 Å². The fraction of sp³-hybridized carbons (Fsp3) is 0.258. The van der Waals surface area contributed by atoms with Crippen LogP contribution in [0.15, 0.2) is 79.1 Å². The zero-order valence-electron chi connectivity index (χ0n) is 22.3. The molecule has 0 unspecified atom stereocenters. The Morgan fingerprint density at radius 2 is 1.77 bits per heavy atom. The Bertz CT molecular complexity index is 1580. The van der Waals surface area contributed by atoms with Gasteiger partial charge in [0.1, 0.15) is 0 Å². The minimum absolute atomic E-state index is 0.189. The summed E-state index contributed by atoms with van der Waals surface area (Å²) < 4.78 is 2.15. The van der Waals surface area contributed by atoms with E-state index in [2.05, 4.69) is 79.6 Å². The lowest BCUT2D eigenvalue weighted by atomic mass is 10.0. The van der Waals surface area contributed by atoms with Crippen molar-refractivity contribution >= 4 is 28.4 Å². The molecule has 1 amide bonds. The van der Waals surface area contributed by atoms with Crippen LogP contribution >= 0.6 is 0 Å². The highest BCUT2D eigenvalue weighted by Gasteiger charge is 2.17. The van der Waals surface area contributed by atoms with Crippen molar-refractivity contribution in [3.05, 3.63) is 95.8 Å². The fourth-order valence-corrected chi connectivity index (χ4v) is 5.07. The van der Waals surface area contributed by atoms with Crippen LogP contribution in [0.25, 0.3) is 22.3 Å². The molecule has 0 bridgehead atoms. The number of aryl methyl sites for hydroxylation is 1. The number of fused-ring (bicyclic) bond motifs is 1. The number of hydrogen-bond donors (Lipinski definition) is 3. The summed E-state index contributed by atoms with van der Waals surface area (Å²) in [5.74, 6) is 0.294. The molecule has 3 aromatic carbocycles. The molecule has 8 nitrogen and oxygen atoms in total. The zero-order chi connectivity index (χ0) is 26.8. The standard InChI is InChI=1S/C31H33N7O/c1-21-3-5-22(6-4-21)19-38-20-32-27-12-9-24(17-29(27)38)28-18-30(36-35-28)34-31(39)23-7-10-25(11-8-23)33-26-13-15-37(2)16-14-26/h3-12,17-18,20,26,33H,13-16,19H2,1-2H3,(H2,34,35,36,39). The number of anilines is 2. The average molecular weight is 520 g/mol. The lowest BCUT2D eigenvalue weighted by Gasteiger charge is -2.30. The number of aromatic nitrogens is 4. The summed E-state index contributed by atoms with van der Waals surface area (Å²) in [4.78, 5) is 19.8. The first-order chi connectivity index (χ1) is 19.0. The van der Waals surface area contributed by atoms with Crippen LogP contribution in [0.5, 0.6) is 0 Å². The Labute approximate surface area is 228 Å². The minimum atomic E-state index is -0.189. The number of carbonyl (C=O) groups is 1. The van der Waals surface area contributed by atoms with Gasteiger partial charge in [0.2, 0.25) is 0 Å². The van der Waals surface area contributed by atoms with E-state index < -0.39 is 0 Å². The van der Waals surface area contributed by atoms with Crippen molar-refractivity contribution < 1.29 is 4.79 Å². The molecule has 5 aromatic rings. The van der Waals surface area contributed by atoms with E-state index in [1.807, 2.05) is 48.8 Å². The molecule has 198 valence electrons. The van der Waals surface area contributed by atoms with E-state index in [1.165, 1.54) is 11.1 Å².